The SMILES string of the molecule is CCNN(C)C=NCNC. The number of nitrogens with zero attached hydrogens (tertiary/aromatic N) is 2. The number of hydrazine groups is 1. The highest BCUT2D eigenvalue weighted by molar-refractivity contribution is 5.53. The van der Waals surface area contributed by atoms with Crippen LogP contribution in [0.15, 0.2) is 4.99 Å². The molecule has 4 heteroatoms. The zero-order chi connectivity index (χ0) is 7.82. The molecule has 0 amide bonds. The highest BCUT2D eigenvalue weighted by Gasteiger charge is 1.82. The molecule has 0 aromatic heterocycles. The molecular weight excluding hydrogens is 128 g/mol. The molecule has 0 aliphatic rings. The van der Waals surface area contributed by atoms with Crippen LogP contribution in [0, 0.1) is 0 Å². The molecule has 0 fully saturated rings. The van der Waals surface area contributed by atoms with Crippen LogP contribution < -0.4 is 10.7 Å². The minimum Gasteiger partial charge on any atom is -0.302 e. The van der Waals surface area contributed by atoms with Crippen molar-refractivity contribution >= 4 is 6.34 Å². The second-order valence-electron chi connectivity index (χ2n) is 1.93. The molecule has 2 N–H and O–H groups in total. The van der Waals surface area contributed by atoms with E-state index in [4.69, 9.17) is 0 Å². The Balaban J connectivity index is 3.26. The van der Waals surface area contributed by atoms with Crippen molar-refractivity contribution in [1.82, 2.24) is 15.8 Å². The zero-order valence-electron chi connectivity index (χ0n) is 6.89. The first-order valence-corrected chi connectivity index (χ1v) is 3.42. The first-order valence-electron chi connectivity index (χ1n) is 3.42. The van der Waals surface area contributed by atoms with Gasteiger partial charge in [0, 0.05) is 13.6 Å². The minimum atomic E-state index is 0.662. The molecule has 0 unspecified atom stereocenters. The summed E-state index contributed by atoms with van der Waals surface area (Å²) in [5.41, 5.74) is 3.06. The molecule has 0 saturated carbocycles. The molecule has 0 aliphatic heterocycles. The third-order valence-corrected chi connectivity index (χ3v) is 0.912. The summed E-state index contributed by atoms with van der Waals surface area (Å²) in [4.78, 5) is 4.04. The number of rotatable bonds is 5. The van der Waals surface area contributed by atoms with E-state index in [0.29, 0.717) is 6.67 Å². The van der Waals surface area contributed by atoms with E-state index >= 15 is 0 Å². The van der Waals surface area contributed by atoms with Gasteiger partial charge in [0.05, 0.1) is 6.67 Å². The van der Waals surface area contributed by atoms with Gasteiger partial charge in [-0.25, -0.2) is 5.43 Å². The maximum Gasteiger partial charge on any atom is 0.101 e. The number of aliphatic imine (C=N–C) groups is 1. The predicted octanol–water partition coefficient (Wildman–Crippen LogP) is -0.352. The Hall–Kier alpha value is -0.610. The number of hydrogen-bond donors (Lipinski definition) is 2. The Bertz CT molecular complexity index is 91.7. The first-order chi connectivity index (χ1) is 4.81. The van der Waals surface area contributed by atoms with E-state index in [1.54, 1.807) is 6.34 Å². The average Bonchev–Trinajstić information content (AvgIpc) is 1.89. The zero-order valence-corrected chi connectivity index (χ0v) is 6.89. The van der Waals surface area contributed by atoms with E-state index in [9.17, 15) is 0 Å². The van der Waals surface area contributed by atoms with Crippen molar-refractivity contribution in [2.75, 3.05) is 27.3 Å². The van der Waals surface area contributed by atoms with E-state index in [1.165, 1.54) is 0 Å². The first kappa shape index (κ1) is 9.39. The summed E-state index contributed by atoms with van der Waals surface area (Å²) in [6.45, 7) is 3.63. The van der Waals surface area contributed by atoms with Crippen LogP contribution in [-0.2, 0) is 0 Å². The van der Waals surface area contributed by atoms with Crippen molar-refractivity contribution in [3.8, 4) is 0 Å². The van der Waals surface area contributed by atoms with Gasteiger partial charge < -0.3 is 10.3 Å². The highest BCUT2D eigenvalue weighted by atomic mass is 15.5. The lowest BCUT2D eigenvalue weighted by molar-refractivity contribution is 0.388. The van der Waals surface area contributed by atoms with Crippen molar-refractivity contribution in [2.45, 2.75) is 6.92 Å². The van der Waals surface area contributed by atoms with E-state index in [2.05, 4.69) is 15.7 Å². The van der Waals surface area contributed by atoms with E-state index < -0.39 is 0 Å². The predicted molar refractivity (Wildman–Crippen MR) is 43.9 cm³/mol. The molecule has 60 valence electrons. The summed E-state index contributed by atoms with van der Waals surface area (Å²) in [6, 6.07) is 0. The van der Waals surface area contributed by atoms with Gasteiger partial charge in [0.15, 0.2) is 0 Å². The fourth-order valence-electron chi connectivity index (χ4n) is 0.545. The molecule has 10 heavy (non-hydrogen) atoms. The molecule has 4 nitrogen and oxygen atoms in total. The van der Waals surface area contributed by atoms with Crippen LogP contribution in [0.4, 0.5) is 0 Å². The van der Waals surface area contributed by atoms with Crippen molar-refractivity contribution in [2.24, 2.45) is 4.99 Å². The van der Waals surface area contributed by atoms with Gasteiger partial charge in [0.2, 0.25) is 0 Å². The largest absolute Gasteiger partial charge is 0.302 e. The number of nitrogens with one attached hydrogen (secondary N) is 2. The van der Waals surface area contributed by atoms with E-state index in [0.717, 1.165) is 6.54 Å². The number of hydrogen-bond acceptors (Lipinski definition) is 3. The normalized spacial score (nSPS) is 10.7. The van der Waals surface area contributed by atoms with E-state index in [-0.39, 0.29) is 0 Å². The standard InChI is InChI=1S/C6H16N4/c1-4-9-10(3)6-8-5-7-2/h6-7,9H,4-5H2,1-3H3. The molecule has 0 heterocycles. The Morgan fingerprint density at radius 3 is 2.80 bits per heavy atom. The molecule has 0 aliphatic carbocycles. The van der Waals surface area contributed by atoms with Crippen LogP contribution in [0.5, 0.6) is 0 Å². The Morgan fingerprint density at radius 1 is 1.60 bits per heavy atom. The van der Waals surface area contributed by atoms with Crippen LogP contribution in [0.2, 0.25) is 0 Å². The summed E-state index contributed by atoms with van der Waals surface area (Å²) >= 11 is 0. The fourth-order valence-corrected chi connectivity index (χ4v) is 0.545. The van der Waals surface area contributed by atoms with Crippen molar-refractivity contribution in [3.05, 3.63) is 0 Å². The van der Waals surface area contributed by atoms with Crippen LogP contribution in [0.3, 0.4) is 0 Å². The Labute approximate surface area is 62.3 Å². The lowest BCUT2D eigenvalue weighted by Gasteiger charge is -2.11. The molecule has 0 saturated heterocycles. The average molecular weight is 144 g/mol. The van der Waals surface area contributed by atoms with Gasteiger partial charge in [0.25, 0.3) is 0 Å². The van der Waals surface area contributed by atoms with Gasteiger partial charge in [-0.15, -0.1) is 0 Å². The summed E-state index contributed by atoms with van der Waals surface area (Å²) in [7, 11) is 3.78. The molecular formula is C6H16N4. The van der Waals surface area contributed by atoms with E-state index in [1.807, 2.05) is 26.0 Å². The lowest BCUT2D eigenvalue weighted by Crippen LogP contribution is -2.33. The third-order valence-electron chi connectivity index (χ3n) is 0.912. The minimum absolute atomic E-state index is 0.662. The highest BCUT2D eigenvalue weighted by Crippen LogP contribution is 1.67. The molecule has 0 bridgehead atoms. The topological polar surface area (TPSA) is 39.7 Å². The second-order valence-corrected chi connectivity index (χ2v) is 1.93. The van der Waals surface area contributed by atoms with Gasteiger partial charge in [-0.3, -0.25) is 4.99 Å². The van der Waals surface area contributed by atoms with Crippen LogP contribution in [0.1, 0.15) is 6.92 Å². The van der Waals surface area contributed by atoms with Crippen molar-refractivity contribution in [1.29, 1.82) is 0 Å². The monoisotopic (exact) mass is 144 g/mol. The third kappa shape index (κ3) is 5.53. The van der Waals surface area contributed by atoms with Gasteiger partial charge in [-0.1, -0.05) is 6.92 Å². The van der Waals surface area contributed by atoms with Crippen molar-refractivity contribution < 1.29 is 0 Å². The summed E-state index contributed by atoms with van der Waals surface area (Å²) in [5, 5.41) is 4.74. The van der Waals surface area contributed by atoms with Gasteiger partial charge in [0.1, 0.15) is 6.34 Å². The summed E-state index contributed by atoms with van der Waals surface area (Å²) in [6.07, 6.45) is 1.75. The maximum absolute atomic E-state index is 4.04. The van der Waals surface area contributed by atoms with Gasteiger partial charge >= 0.3 is 0 Å². The maximum atomic E-state index is 4.04. The fraction of sp³-hybridized carbons (Fsp3) is 0.833. The molecule has 0 aromatic rings. The van der Waals surface area contributed by atoms with Gasteiger partial charge in [-0.05, 0) is 7.05 Å². The van der Waals surface area contributed by atoms with Crippen molar-refractivity contribution in [3.63, 3.8) is 0 Å². The molecule has 0 radical (unpaired) electrons. The van der Waals surface area contributed by atoms with Crippen LogP contribution >= 0.6 is 0 Å². The van der Waals surface area contributed by atoms with Crippen LogP contribution in [-0.4, -0.2) is 38.7 Å². The molecule has 0 rings (SSSR count). The smallest absolute Gasteiger partial charge is 0.101 e. The summed E-state index contributed by atoms with van der Waals surface area (Å²) in [5.74, 6) is 0. The lowest BCUT2D eigenvalue weighted by atomic mass is 10.8. The Morgan fingerprint density at radius 2 is 2.30 bits per heavy atom. The van der Waals surface area contributed by atoms with Gasteiger partial charge in [-0.2, -0.15) is 0 Å². The molecule has 0 atom stereocenters. The molecule has 0 spiro atoms. The Kier molecular flexibility index (Phi) is 6.11. The second kappa shape index (κ2) is 6.51. The quantitative estimate of drug-likeness (QED) is 0.315. The molecule has 0 aromatic carbocycles. The van der Waals surface area contributed by atoms with Crippen LogP contribution in [0.25, 0.3) is 0 Å². The summed E-state index contributed by atoms with van der Waals surface area (Å²) < 4.78 is 0.